The van der Waals surface area contributed by atoms with Gasteiger partial charge in [-0.2, -0.15) is 4.31 Å². The number of fused-ring (bicyclic) bond motifs is 1. The maximum absolute atomic E-state index is 14.2. The van der Waals surface area contributed by atoms with E-state index in [0.29, 0.717) is 35.8 Å². The van der Waals surface area contributed by atoms with Crippen molar-refractivity contribution in [3.8, 4) is 5.75 Å². The number of benzene rings is 3. The number of amides is 2. The molecule has 2 amide bonds. The standard InChI is InChI=1S/C26H26FN3O5S/c1-3-29(4-2)36(33,34)21-12-9-18(10-13-21)26(32)28-20-11-14-24-23(15-20)30(25(31)17-35-24)16-19-7-5-6-8-22(19)27/h5-15H,3-4,16-17H2,1-2H3,(H,28,32). The van der Waals surface area contributed by atoms with E-state index in [1.165, 1.54) is 39.5 Å². The molecule has 0 unspecified atom stereocenters. The van der Waals surface area contributed by atoms with Crippen molar-refractivity contribution < 1.29 is 27.1 Å². The molecule has 0 aromatic heterocycles. The molecule has 1 aliphatic rings. The van der Waals surface area contributed by atoms with E-state index in [9.17, 15) is 22.4 Å². The highest BCUT2D eigenvalue weighted by atomic mass is 32.2. The van der Waals surface area contributed by atoms with Gasteiger partial charge in [-0.15, -0.1) is 0 Å². The van der Waals surface area contributed by atoms with Crippen molar-refractivity contribution in [3.63, 3.8) is 0 Å². The lowest BCUT2D eigenvalue weighted by Gasteiger charge is -2.30. The Bertz CT molecular complexity index is 1390. The van der Waals surface area contributed by atoms with Gasteiger partial charge in [0.25, 0.3) is 11.8 Å². The van der Waals surface area contributed by atoms with Crippen LogP contribution in [0.5, 0.6) is 5.75 Å². The van der Waals surface area contributed by atoms with E-state index in [1.807, 2.05) is 0 Å². The number of anilines is 2. The zero-order valence-corrected chi connectivity index (χ0v) is 20.7. The first-order valence-corrected chi connectivity index (χ1v) is 12.9. The van der Waals surface area contributed by atoms with Gasteiger partial charge in [-0.25, -0.2) is 12.8 Å². The normalized spacial score (nSPS) is 13.3. The molecule has 3 aromatic rings. The molecule has 0 radical (unpaired) electrons. The Labute approximate surface area is 209 Å². The minimum atomic E-state index is -3.63. The molecule has 0 fully saturated rings. The molecule has 0 aliphatic carbocycles. The SMILES string of the molecule is CCN(CC)S(=O)(=O)c1ccc(C(=O)Nc2ccc3c(c2)N(Cc2ccccc2F)C(=O)CO3)cc1. The molecular formula is C26H26FN3O5S. The maximum Gasteiger partial charge on any atom is 0.265 e. The van der Waals surface area contributed by atoms with Gasteiger partial charge in [0.1, 0.15) is 11.6 Å². The Hall–Kier alpha value is -3.76. The molecule has 36 heavy (non-hydrogen) atoms. The van der Waals surface area contributed by atoms with Crippen LogP contribution in [0.4, 0.5) is 15.8 Å². The highest BCUT2D eigenvalue weighted by Crippen LogP contribution is 2.36. The van der Waals surface area contributed by atoms with Crippen LogP contribution in [0, 0.1) is 5.82 Å². The van der Waals surface area contributed by atoms with Gasteiger partial charge in [0.15, 0.2) is 6.61 Å². The lowest BCUT2D eigenvalue weighted by atomic mass is 10.1. The molecule has 188 valence electrons. The Kier molecular flexibility index (Phi) is 7.37. The van der Waals surface area contributed by atoms with E-state index in [0.717, 1.165) is 0 Å². The molecular weight excluding hydrogens is 485 g/mol. The average molecular weight is 512 g/mol. The molecule has 0 atom stereocenters. The number of halogens is 1. The summed E-state index contributed by atoms with van der Waals surface area (Å²) in [6, 6.07) is 16.7. The Morgan fingerprint density at radius 3 is 2.42 bits per heavy atom. The number of hydrogen-bond acceptors (Lipinski definition) is 5. The summed E-state index contributed by atoms with van der Waals surface area (Å²) in [5.41, 5.74) is 1.43. The Morgan fingerprint density at radius 1 is 1.06 bits per heavy atom. The number of carbonyl (C=O) groups excluding carboxylic acids is 2. The maximum atomic E-state index is 14.2. The van der Waals surface area contributed by atoms with Gasteiger partial charge in [-0.05, 0) is 48.5 Å². The molecule has 0 saturated heterocycles. The van der Waals surface area contributed by atoms with Crippen molar-refractivity contribution in [2.45, 2.75) is 25.3 Å². The minimum absolute atomic E-state index is 0.0156. The van der Waals surface area contributed by atoms with Crippen LogP contribution in [0.15, 0.2) is 71.6 Å². The van der Waals surface area contributed by atoms with E-state index in [1.54, 1.807) is 50.2 Å². The van der Waals surface area contributed by atoms with Crippen molar-refractivity contribution in [2.75, 3.05) is 29.9 Å². The second-order valence-electron chi connectivity index (χ2n) is 8.11. The predicted molar refractivity (Wildman–Crippen MR) is 134 cm³/mol. The van der Waals surface area contributed by atoms with Crippen molar-refractivity contribution >= 4 is 33.2 Å². The topological polar surface area (TPSA) is 96.0 Å². The zero-order chi connectivity index (χ0) is 25.9. The van der Waals surface area contributed by atoms with E-state index in [-0.39, 0.29) is 29.5 Å². The fraction of sp³-hybridized carbons (Fsp3) is 0.231. The van der Waals surface area contributed by atoms with Crippen LogP contribution >= 0.6 is 0 Å². The third-order valence-electron chi connectivity index (χ3n) is 5.91. The van der Waals surface area contributed by atoms with Crippen molar-refractivity contribution in [1.82, 2.24) is 4.31 Å². The summed E-state index contributed by atoms with van der Waals surface area (Å²) in [6.07, 6.45) is 0. The second kappa shape index (κ2) is 10.5. The van der Waals surface area contributed by atoms with Gasteiger partial charge in [-0.1, -0.05) is 32.0 Å². The van der Waals surface area contributed by atoms with Gasteiger partial charge in [0.2, 0.25) is 10.0 Å². The fourth-order valence-corrected chi connectivity index (χ4v) is 5.40. The summed E-state index contributed by atoms with van der Waals surface area (Å²) in [5, 5.41) is 2.76. The van der Waals surface area contributed by atoms with Gasteiger partial charge in [0, 0.05) is 29.9 Å². The van der Waals surface area contributed by atoms with Crippen molar-refractivity contribution in [3.05, 3.63) is 83.7 Å². The first kappa shape index (κ1) is 25.3. The first-order valence-electron chi connectivity index (χ1n) is 11.5. The number of nitrogens with zero attached hydrogens (tertiary/aromatic N) is 2. The Morgan fingerprint density at radius 2 is 1.75 bits per heavy atom. The third-order valence-corrected chi connectivity index (χ3v) is 7.97. The van der Waals surface area contributed by atoms with E-state index in [4.69, 9.17) is 4.74 Å². The van der Waals surface area contributed by atoms with E-state index >= 15 is 0 Å². The van der Waals surface area contributed by atoms with Crippen LogP contribution in [0.25, 0.3) is 0 Å². The van der Waals surface area contributed by atoms with E-state index in [2.05, 4.69) is 5.32 Å². The van der Waals surface area contributed by atoms with Crippen LogP contribution in [0.2, 0.25) is 0 Å². The molecule has 0 spiro atoms. The number of rotatable bonds is 8. The smallest absolute Gasteiger partial charge is 0.265 e. The number of carbonyl (C=O) groups is 2. The molecule has 10 heteroatoms. The van der Waals surface area contributed by atoms with Crippen molar-refractivity contribution in [1.29, 1.82) is 0 Å². The zero-order valence-electron chi connectivity index (χ0n) is 19.9. The quantitative estimate of drug-likeness (QED) is 0.493. The van der Waals surface area contributed by atoms with Gasteiger partial charge in [-0.3, -0.25) is 9.59 Å². The molecule has 3 aromatic carbocycles. The summed E-state index contributed by atoms with van der Waals surface area (Å²) >= 11 is 0. The van der Waals surface area contributed by atoms with Crippen LogP contribution in [0.1, 0.15) is 29.8 Å². The Balaban J connectivity index is 1.54. The van der Waals surface area contributed by atoms with Crippen LogP contribution in [0.3, 0.4) is 0 Å². The number of nitrogens with one attached hydrogen (secondary N) is 1. The predicted octanol–water partition coefficient (Wildman–Crippen LogP) is 4.03. The molecule has 1 N–H and O–H groups in total. The highest BCUT2D eigenvalue weighted by molar-refractivity contribution is 7.89. The van der Waals surface area contributed by atoms with Crippen LogP contribution < -0.4 is 15.0 Å². The number of hydrogen-bond donors (Lipinski definition) is 1. The molecule has 1 aliphatic heterocycles. The van der Waals surface area contributed by atoms with Gasteiger partial charge < -0.3 is 15.0 Å². The van der Waals surface area contributed by atoms with Gasteiger partial charge in [0.05, 0.1) is 17.1 Å². The average Bonchev–Trinajstić information content (AvgIpc) is 2.87. The molecule has 8 nitrogen and oxygen atoms in total. The summed E-state index contributed by atoms with van der Waals surface area (Å²) in [4.78, 5) is 26.9. The molecule has 1 heterocycles. The summed E-state index contributed by atoms with van der Waals surface area (Å²) in [5.74, 6) is -0.770. The van der Waals surface area contributed by atoms with E-state index < -0.39 is 21.7 Å². The number of ether oxygens (including phenoxy) is 1. The molecule has 0 saturated carbocycles. The summed E-state index contributed by atoms with van der Waals surface area (Å²) < 4.78 is 46.4. The minimum Gasteiger partial charge on any atom is -0.482 e. The first-order chi connectivity index (χ1) is 17.2. The van der Waals surface area contributed by atoms with Crippen LogP contribution in [-0.2, 0) is 21.4 Å². The molecule has 0 bridgehead atoms. The number of sulfonamides is 1. The van der Waals surface area contributed by atoms with Crippen LogP contribution in [-0.4, -0.2) is 44.2 Å². The largest absolute Gasteiger partial charge is 0.482 e. The highest BCUT2D eigenvalue weighted by Gasteiger charge is 2.27. The summed E-state index contributed by atoms with van der Waals surface area (Å²) in [6.45, 7) is 4.06. The second-order valence-corrected chi connectivity index (χ2v) is 10.0. The third kappa shape index (κ3) is 5.09. The van der Waals surface area contributed by atoms with Gasteiger partial charge >= 0.3 is 0 Å². The van der Waals surface area contributed by atoms with Crippen molar-refractivity contribution in [2.24, 2.45) is 0 Å². The molecule has 4 rings (SSSR count). The lowest BCUT2D eigenvalue weighted by Crippen LogP contribution is -2.38. The lowest BCUT2D eigenvalue weighted by molar-refractivity contribution is -0.121. The monoisotopic (exact) mass is 511 g/mol. The summed E-state index contributed by atoms with van der Waals surface area (Å²) in [7, 11) is -3.63. The fourth-order valence-electron chi connectivity index (χ4n) is 3.94.